The second kappa shape index (κ2) is 6.36. The summed E-state index contributed by atoms with van der Waals surface area (Å²) < 4.78 is 32.7. The Morgan fingerprint density at radius 3 is 2.38 bits per heavy atom. The molecule has 4 nitrogen and oxygen atoms in total. The van der Waals surface area contributed by atoms with E-state index in [-0.39, 0.29) is 10.4 Å². The summed E-state index contributed by atoms with van der Waals surface area (Å²) in [6.45, 7) is 0. The maximum absolute atomic E-state index is 13.8. The molecule has 0 unspecified atom stereocenters. The minimum absolute atomic E-state index is 0.118. The van der Waals surface area contributed by atoms with Gasteiger partial charge in [-0.2, -0.15) is 0 Å². The van der Waals surface area contributed by atoms with E-state index in [0.717, 1.165) is 18.2 Å². The first-order valence-electron chi connectivity index (χ1n) is 5.58. The standard InChI is InChI=1S/C13H7BrClF2NO3/c14-6-7-4-9(16)13(10(17)5-7)21-12-8(15)2-1-3-11(12)18(19)20/h1-5H,6H2. The first-order chi connectivity index (χ1) is 9.93. The van der Waals surface area contributed by atoms with Crippen LogP contribution in [0.4, 0.5) is 14.5 Å². The predicted octanol–water partition coefficient (Wildman–Crippen LogP) is 5.21. The van der Waals surface area contributed by atoms with Crippen LogP contribution in [0.25, 0.3) is 0 Å². The van der Waals surface area contributed by atoms with Gasteiger partial charge in [0, 0.05) is 11.4 Å². The van der Waals surface area contributed by atoms with Crippen LogP contribution in [-0.4, -0.2) is 4.92 Å². The first kappa shape index (κ1) is 15.7. The number of alkyl halides is 1. The lowest BCUT2D eigenvalue weighted by atomic mass is 10.2. The maximum Gasteiger partial charge on any atom is 0.313 e. The van der Waals surface area contributed by atoms with E-state index >= 15 is 0 Å². The van der Waals surface area contributed by atoms with Crippen molar-refractivity contribution in [2.24, 2.45) is 0 Å². The van der Waals surface area contributed by atoms with Crippen LogP contribution in [0.1, 0.15) is 5.56 Å². The first-order valence-corrected chi connectivity index (χ1v) is 7.08. The molecule has 0 radical (unpaired) electrons. The fourth-order valence-corrected chi connectivity index (χ4v) is 2.16. The smallest absolute Gasteiger partial charge is 0.313 e. The summed E-state index contributed by atoms with van der Waals surface area (Å²) >= 11 is 8.88. The van der Waals surface area contributed by atoms with E-state index in [2.05, 4.69) is 15.9 Å². The Bertz CT molecular complexity index is 689. The molecule has 2 aromatic rings. The van der Waals surface area contributed by atoms with Gasteiger partial charge in [0.05, 0.1) is 9.95 Å². The molecule has 0 atom stereocenters. The zero-order valence-electron chi connectivity index (χ0n) is 10.3. The number of nitrogens with zero attached hydrogens (tertiary/aromatic N) is 1. The molecule has 0 aliphatic rings. The van der Waals surface area contributed by atoms with E-state index in [9.17, 15) is 18.9 Å². The van der Waals surface area contributed by atoms with Gasteiger partial charge in [-0.25, -0.2) is 8.78 Å². The summed E-state index contributed by atoms with van der Waals surface area (Å²) in [6.07, 6.45) is 0. The van der Waals surface area contributed by atoms with Crippen molar-refractivity contribution in [3.05, 3.63) is 62.7 Å². The zero-order chi connectivity index (χ0) is 15.6. The Labute approximate surface area is 131 Å². The van der Waals surface area contributed by atoms with E-state index in [1.54, 1.807) is 0 Å². The molecule has 21 heavy (non-hydrogen) atoms. The van der Waals surface area contributed by atoms with Crippen LogP contribution in [0.5, 0.6) is 11.5 Å². The largest absolute Gasteiger partial charge is 0.442 e. The fourth-order valence-electron chi connectivity index (χ4n) is 1.63. The molecule has 0 fully saturated rings. The number of nitro groups is 1. The number of nitro benzene ring substituents is 1. The molecule has 0 aliphatic heterocycles. The van der Waals surface area contributed by atoms with E-state index in [1.165, 1.54) is 12.1 Å². The van der Waals surface area contributed by atoms with Gasteiger partial charge in [-0.1, -0.05) is 33.6 Å². The van der Waals surface area contributed by atoms with Gasteiger partial charge < -0.3 is 4.74 Å². The lowest BCUT2D eigenvalue weighted by Crippen LogP contribution is -1.98. The van der Waals surface area contributed by atoms with E-state index in [0.29, 0.717) is 5.56 Å². The number of ether oxygens (including phenoxy) is 1. The third-order valence-corrected chi connectivity index (χ3v) is 3.50. The van der Waals surface area contributed by atoms with Gasteiger partial charge in [0.25, 0.3) is 0 Å². The Morgan fingerprint density at radius 2 is 1.86 bits per heavy atom. The van der Waals surface area contributed by atoms with Crippen molar-refractivity contribution in [2.75, 3.05) is 0 Å². The monoisotopic (exact) mass is 377 g/mol. The lowest BCUT2D eigenvalue weighted by Gasteiger charge is -2.10. The third-order valence-electron chi connectivity index (χ3n) is 2.56. The number of hydrogen-bond acceptors (Lipinski definition) is 3. The molecule has 2 rings (SSSR count). The molecule has 0 aromatic heterocycles. The highest BCUT2D eigenvalue weighted by molar-refractivity contribution is 9.08. The molecule has 2 aromatic carbocycles. The topological polar surface area (TPSA) is 52.4 Å². The van der Waals surface area contributed by atoms with Crippen LogP contribution in [0.2, 0.25) is 5.02 Å². The van der Waals surface area contributed by atoms with Crippen LogP contribution in [-0.2, 0) is 5.33 Å². The second-order valence-corrected chi connectivity index (χ2v) is 4.94. The minimum Gasteiger partial charge on any atom is -0.442 e. The summed E-state index contributed by atoms with van der Waals surface area (Å²) in [6, 6.07) is 5.93. The van der Waals surface area contributed by atoms with E-state index in [1.807, 2.05) is 0 Å². The Hall–Kier alpha value is -1.73. The predicted molar refractivity (Wildman–Crippen MR) is 77.2 cm³/mol. The minimum atomic E-state index is -0.973. The highest BCUT2D eigenvalue weighted by Crippen LogP contribution is 2.39. The van der Waals surface area contributed by atoms with Gasteiger partial charge in [-0.05, 0) is 23.8 Å². The SMILES string of the molecule is O=[N+]([O-])c1cccc(Cl)c1Oc1c(F)cc(CBr)cc1F. The molecular weight excluding hydrogens is 371 g/mol. The number of benzene rings is 2. The van der Waals surface area contributed by atoms with Gasteiger partial charge in [0.15, 0.2) is 17.4 Å². The molecule has 0 aliphatic carbocycles. The normalized spacial score (nSPS) is 10.5. The van der Waals surface area contributed by atoms with E-state index < -0.39 is 33.7 Å². The highest BCUT2D eigenvalue weighted by atomic mass is 79.9. The number of halogens is 4. The summed E-state index contributed by atoms with van der Waals surface area (Å²) in [5, 5.41) is 11.0. The Balaban J connectivity index is 2.51. The highest BCUT2D eigenvalue weighted by Gasteiger charge is 2.22. The van der Waals surface area contributed by atoms with Crippen molar-refractivity contribution in [3.63, 3.8) is 0 Å². The van der Waals surface area contributed by atoms with Crippen molar-refractivity contribution in [1.82, 2.24) is 0 Å². The average Bonchev–Trinajstić information content (AvgIpc) is 2.43. The molecule has 110 valence electrons. The molecule has 0 saturated carbocycles. The Kier molecular flexibility index (Phi) is 4.74. The Morgan fingerprint density at radius 1 is 1.24 bits per heavy atom. The van der Waals surface area contributed by atoms with Crippen molar-refractivity contribution in [1.29, 1.82) is 0 Å². The molecule has 0 amide bonds. The molecule has 0 bridgehead atoms. The molecule has 0 heterocycles. The third kappa shape index (κ3) is 3.30. The lowest BCUT2D eigenvalue weighted by molar-refractivity contribution is -0.385. The zero-order valence-corrected chi connectivity index (χ0v) is 12.6. The number of rotatable bonds is 4. The van der Waals surface area contributed by atoms with Crippen LogP contribution < -0.4 is 4.74 Å². The van der Waals surface area contributed by atoms with Gasteiger partial charge in [0.1, 0.15) is 0 Å². The van der Waals surface area contributed by atoms with Gasteiger partial charge in [-0.3, -0.25) is 10.1 Å². The summed E-state index contributed by atoms with van der Waals surface area (Å²) in [7, 11) is 0. The number of para-hydroxylation sites is 1. The van der Waals surface area contributed by atoms with Gasteiger partial charge in [0.2, 0.25) is 5.75 Å². The second-order valence-electron chi connectivity index (χ2n) is 3.97. The molecule has 0 N–H and O–H groups in total. The summed E-state index contributed by atoms with van der Waals surface area (Å²) in [5.41, 5.74) is -0.114. The average molecular weight is 379 g/mol. The molecule has 0 saturated heterocycles. The molecule has 0 spiro atoms. The molecule has 8 heteroatoms. The maximum atomic E-state index is 13.8. The van der Waals surface area contributed by atoms with Gasteiger partial charge >= 0.3 is 5.69 Å². The summed E-state index contributed by atoms with van der Waals surface area (Å²) in [5.74, 6) is -3.10. The van der Waals surface area contributed by atoms with Crippen LogP contribution >= 0.6 is 27.5 Å². The molecular formula is C13H7BrClF2NO3. The van der Waals surface area contributed by atoms with Crippen LogP contribution in [0, 0.1) is 21.7 Å². The quantitative estimate of drug-likeness (QED) is 0.417. The number of hydrogen-bond donors (Lipinski definition) is 0. The van der Waals surface area contributed by atoms with Crippen LogP contribution in [0.3, 0.4) is 0 Å². The summed E-state index contributed by atoms with van der Waals surface area (Å²) in [4.78, 5) is 10.2. The van der Waals surface area contributed by atoms with Crippen molar-refractivity contribution in [3.8, 4) is 11.5 Å². The fraction of sp³-hybridized carbons (Fsp3) is 0.0769. The van der Waals surface area contributed by atoms with Crippen molar-refractivity contribution < 1.29 is 18.4 Å². The van der Waals surface area contributed by atoms with Crippen LogP contribution in [0.15, 0.2) is 30.3 Å². The van der Waals surface area contributed by atoms with Crippen molar-refractivity contribution in [2.45, 2.75) is 5.33 Å². The van der Waals surface area contributed by atoms with Crippen molar-refractivity contribution >= 4 is 33.2 Å². The van der Waals surface area contributed by atoms with Gasteiger partial charge in [-0.15, -0.1) is 0 Å². The van der Waals surface area contributed by atoms with E-state index in [4.69, 9.17) is 16.3 Å².